The molecule has 4 aromatic rings. The van der Waals surface area contributed by atoms with E-state index in [1.54, 1.807) is 9.80 Å². The summed E-state index contributed by atoms with van der Waals surface area (Å²) in [7, 11) is -1.77. The van der Waals surface area contributed by atoms with E-state index in [1.807, 2.05) is 34.1 Å². The van der Waals surface area contributed by atoms with Crippen LogP contribution in [-0.2, 0) is 20.8 Å². The van der Waals surface area contributed by atoms with E-state index in [0.717, 1.165) is 30.6 Å². The summed E-state index contributed by atoms with van der Waals surface area (Å²) in [6.45, 7) is 6.14. The van der Waals surface area contributed by atoms with E-state index in [4.69, 9.17) is 12.2 Å². The normalized spacial score (nSPS) is 15.7. The van der Waals surface area contributed by atoms with E-state index in [-0.39, 0.29) is 85.0 Å². The van der Waals surface area contributed by atoms with Crippen LogP contribution >= 0.6 is 19.5 Å². The van der Waals surface area contributed by atoms with Crippen molar-refractivity contribution in [1.29, 1.82) is 0 Å². The van der Waals surface area contributed by atoms with Gasteiger partial charge in [0.1, 0.15) is 23.2 Å². The third kappa shape index (κ3) is 20.4. The quantitative estimate of drug-likeness (QED) is 0.0183. The smallest absolute Gasteiger partial charge is 0.317 e. The van der Waals surface area contributed by atoms with Crippen LogP contribution in [-0.4, -0.2) is 154 Å². The van der Waals surface area contributed by atoms with Crippen molar-refractivity contribution in [1.82, 2.24) is 24.9 Å². The third-order valence-corrected chi connectivity index (χ3v) is 17.4. The number of carboxylic acids is 3. The van der Waals surface area contributed by atoms with Gasteiger partial charge in [0.25, 0.3) is 0 Å². The molecule has 6 N–H and O–H groups in total. The Morgan fingerprint density at radius 2 is 1.00 bits per heavy atom. The molecule has 1 unspecified atom stereocenters. The number of rotatable bonds is 25. The molecule has 0 radical (unpaired) electrons. The minimum Gasteiger partial charge on any atom is -0.512 e. The molecule has 0 amide bonds. The van der Waals surface area contributed by atoms with Crippen LogP contribution in [0.15, 0.2) is 128 Å². The number of aliphatic hydroxyl groups excluding tert-OH is 1. The average molecular weight is 1130 g/mol. The second kappa shape index (κ2) is 31.5. The maximum Gasteiger partial charge on any atom is 0.317 e. The predicted molar refractivity (Wildman–Crippen MR) is 281 cm³/mol. The first-order chi connectivity index (χ1) is 32.9. The third-order valence-electron chi connectivity index (χ3n) is 12.6. The zero-order valence-corrected chi connectivity index (χ0v) is 43.8. The predicted octanol–water partition coefficient (Wildman–Crippen LogP) is 6.55. The molecule has 0 aliphatic carbocycles. The maximum atomic E-state index is 12.1. The number of aliphatic carboxylic acids is 3. The monoisotopic (exact) mass is 1130 g/mol. The van der Waals surface area contributed by atoms with E-state index < -0.39 is 31.2 Å². The molecule has 0 aromatic heterocycles. The molecular weight excluding hydrogens is 1050 g/mol. The molecule has 0 spiro atoms. The minimum atomic E-state index is -1.77. The summed E-state index contributed by atoms with van der Waals surface area (Å²) in [5, 5.41) is 50.8. The number of carbonyl (C=O) groups is 3. The summed E-state index contributed by atoms with van der Waals surface area (Å²) in [6, 6.07) is 40.8. The van der Waals surface area contributed by atoms with Gasteiger partial charge in [0.05, 0.1) is 38.1 Å². The van der Waals surface area contributed by atoms with Gasteiger partial charge in [0.15, 0.2) is 5.11 Å². The molecule has 0 bridgehead atoms. The van der Waals surface area contributed by atoms with Crippen LogP contribution in [0.25, 0.3) is 0 Å². The summed E-state index contributed by atoms with van der Waals surface area (Å²) in [5.41, 5.74) is 1.74. The fourth-order valence-corrected chi connectivity index (χ4v) is 13.8. The number of nitrogens with one attached hydrogen (secondary N) is 2. The zero-order chi connectivity index (χ0) is 48.6. The molecule has 0 saturated carbocycles. The van der Waals surface area contributed by atoms with E-state index in [1.165, 1.54) is 60.6 Å². The molecule has 1 saturated heterocycles. The van der Waals surface area contributed by atoms with Crippen LogP contribution in [0.4, 0.5) is 5.69 Å². The Kier molecular flexibility index (Phi) is 26.3. The fourth-order valence-electron chi connectivity index (χ4n) is 9.21. The first kappa shape index (κ1) is 57.7. The molecule has 1 atom stereocenters. The second-order valence-electron chi connectivity index (χ2n) is 17.8. The summed E-state index contributed by atoms with van der Waals surface area (Å²) >= 11 is 5.62. The molecule has 13 nitrogen and oxygen atoms in total. The topological polar surface area (TPSA) is 169 Å². The van der Waals surface area contributed by atoms with Crippen molar-refractivity contribution in [3.8, 4) is 0 Å². The molecule has 69 heavy (non-hydrogen) atoms. The van der Waals surface area contributed by atoms with Gasteiger partial charge < -0.3 is 31.1 Å². The number of thiocarbonyl (C=S) groups is 1. The van der Waals surface area contributed by atoms with Crippen molar-refractivity contribution in [3.63, 3.8) is 0 Å². The largest absolute Gasteiger partial charge is 0.512 e. The Balaban J connectivity index is 0.0000104. The number of carboxylic acid groups (broad SMARTS) is 3. The van der Waals surface area contributed by atoms with E-state index in [2.05, 4.69) is 108 Å². The molecular formula is C53H72GdN6O7PS+. The van der Waals surface area contributed by atoms with Crippen molar-refractivity contribution < 1.29 is 74.8 Å². The van der Waals surface area contributed by atoms with Crippen molar-refractivity contribution in [2.24, 2.45) is 0 Å². The molecule has 1 fully saturated rings. The Morgan fingerprint density at radius 3 is 1.49 bits per heavy atom. The van der Waals surface area contributed by atoms with Crippen LogP contribution < -0.4 is 26.5 Å². The van der Waals surface area contributed by atoms with Gasteiger partial charge in [-0.15, -0.1) is 0 Å². The maximum absolute atomic E-state index is 12.1. The molecule has 5 rings (SSSR count). The first-order valence-corrected chi connectivity index (χ1v) is 26.4. The fraction of sp³-hybridized carbons (Fsp3) is 0.434. The van der Waals surface area contributed by atoms with Gasteiger partial charge in [0.2, 0.25) is 0 Å². The van der Waals surface area contributed by atoms with Gasteiger partial charge in [-0.1, -0.05) is 105 Å². The Hall–Kier alpha value is -3.89. The van der Waals surface area contributed by atoms with Gasteiger partial charge in [-0.2, -0.15) is 0 Å². The molecule has 16 heteroatoms. The molecule has 1 aliphatic rings. The minimum absolute atomic E-state index is 0. The van der Waals surface area contributed by atoms with Crippen LogP contribution in [0.5, 0.6) is 0 Å². The first-order valence-electron chi connectivity index (χ1n) is 24.0. The second-order valence-corrected chi connectivity index (χ2v) is 21.8. The molecule has 374 valence electrons. The summed E-state index contributed by atoms with van der Waals surface area (Å²) in [6.07, 6.45) is 11.1. The average Bonchev–Trinajstić information content (AvgIpc) is 3.31. The number of unbranched alkanes of at least 4 members (excludes halogenated alkanes) is 7. The number of hydrogen-bond acceptors (Lipinski definition) is 9. The van der Waals surface area contributed by atoms with Crippen LogP contribution in [0, 0.1) is 39.9 Å². The van der Waals surface area contributed by atoms with Crippen molar-refractivity contribution in [2.45, 2.75) is 63.8 Å². The van der Waals surface area contributed by atoms with Crippen molar-refractivity contribution >= 4 is 64.1 Å². The van der Waals surface area contributed by atoms with Gasteiger partial charge in [-0.3, -0.25) is 34.0 Å². The van der Waals surface area contributed by atoms with Gasteiger partial charge in [0, 0.05) is 104 Å². The SMILES string of the molecule is C=C(O)CN1CCN(CC(=O)O)CCN(CC(=O)O)C(Cc2ccc(NC(=S)NCCCCCCCCCC[P+](c3ccccc3)(c3ccccc3)c3ccccc3)cc2)CN(CC(=O)O)CC1.[Gd]. The molecule has 1 aliphatic heterocycles. The summed E-state index contributed by atoms with van der Waals surface area (Å²) in [4.78, 5) is 43.2. The van der Waals surface area contributed by atoms with Crippen molar-refractivity contribution in [3.05, 3.63) is 133 Å². The molecule has 1 heterocycles. The van der Waals surface area contributed by atoms with E-state index in [9.17, 15) is 34.8 Å². The van der Waals surface area contributed by atoms with Crippen LogP contribution in [0.1, 0.15) is 56.9 Å². The number of benzene rings is 4. The van der Waals surface area contributed by atoms with Gasteiger partial charge in [-0.05, 0) is 92.0 Å². The molecule has 4 aromatic carbocycles. The number of nitrogens with zero attached hydrogens (tertiary/aromatic N) is 4. The van der Waals surface area contributed by atoms with Crippen LogP contribution in [0.3, 0.4) is 0 Å². The zero-order valence-electron chi connectivity index (χ0n) is 39.8. The van der Waals surface area contributed by atoms with Gasteiger partial charge in [-0.25, -0.2) is 0 Å². The number of hydrogen-bond donors (Lipinski definition) is 6. The number of aliphatic hydroxyl groups is 1. The van der Waals surface area contributed by atoms with Gasteiger partial charge >= 0.3 is 17.9 Å². The standard InChI is InChI=1S/C53H71N6O7PS.Gd/c1-43(60)38-56-30-31-57(40-50(61)62)34-35-59(42-52(65)66)46(39-58(33-32-56)41-51(63)64)37-44-25-27-45(28-26-44)55-53(68)54-29-17-6-4-2-3-5-7-18-36-67(47-19-11-8-12-20-47,48-21-13-9-14-22-48)49-23-15-10-16-24-49;/h8-16,19-28,46H,1-7,17-18,29-42H2,(H5-,54,55,60,61,62,63,64,65,66,68);/p+1. The Bertz CT molecular complexity index is 2070. The Morgan fingerprint density at radius 1 is 0.565 bits per heavy atom. The van der Waals surface area contributed by atoms with E-state index >= 15 is 0 Å². The summed E-state index contributed by atoms with van der Waals surface area (Å²) < 4.78 is 0. The van der Waals surface area contributed by atoms with Crippen molar-refractivity contribution in [2.75, 3.05) is 90.0 Å². The summed E-state index contributed by atoms with van der Waals surface area (Å²) in [5.74, 6) is -3.06. The Labute approximate surface area is 447 Å². The van der Waals surface area contributed by atoms with E-state index in [0.29, 0.717) is 44.3 Å². The van der Waals surface area contributed by atoms with Crippen LogP contribution in [0.2, 0.25) is 0 Å². The number of anilines is 1.